The molecule has 0 aliphatic rings. The summed E-state index contributed by atoms with van der Waals surface area (Å²) in [6.45, 7) is 1.88. The summed E-state index contributed by atoms with van der Waals surface area (Å²) < 4.78 is 27.5. The number of amides is 1. The Morgan fingerprint density at radius 3 is 2.86 bits per heavy atom. The normalized spacial score (nSPS) is 13.0. The molecule has 0 bridgehead atoms. The summed E-state index contributed by atoms with van der Waals surface area (Å²) in [6.07, 6.45) is 3.06. The Hall–Kier alpha value is -1.64. The summed E-state index contributed by atoms with van der Waals surface area (Å²) in [4.78, 5) is 12.0. The minimum absolute atomic E-state index is 0.0177. The molecule has 21 heavy (non-hydrogen) atoms. The maximum Gasteiger partial charge on any atom is 0.252 e. The van der Waals surface area contributed by atoms with Crippen LogP contribution in [0.3, 0.4) is 0 Å². The van der Waals surface area contributed by atoms with Crippen molar-refractivity contribution in [3.63, 3.8) is 0 Å². The van der Waals surface area contributed by atoms with Crippen LogP contribution in [0.4, 0.5) is 0 Å². The van der Waals surface area contributed by atoms with Crippen LogP contribution < -0.4 is 10.5 Å². The molecule has 0 radical (unpaired) electrons. The van der Waals surface area contributed by atoms with Crippen LogP contribution in [0.5, 0.6) is 0 Å². The Morgan fingerprint density at radius 1 is 1.52 bits per heavy atom. The second kappa shape index (κ2) is 6.42. The van der Waals surface area contributed by atoms with E-state index in [1.54, 1.807) is 6.26 Å². The first-order chi connectivity index (χ1) is 9.86. The van der Waals surface area contributed by atoms with Gasteiger partial charge in [0.25, 0.3) is 5.91 Å². The van der Waals surface area contributed by atoms with Crippen molar-refractivity contribution in [1.82, 2.24) is 5.32 Å². The molecule has 6 nitrogen and oxygen atoms in total. The van der Waals surface area contributed by atoms with Crippen LogP contribution in [0.25, 0.3) is 0 Å². The van der Waals surface area contributed by atoms with Gasteiger partial charge in [-0.05, 0) is 31.5 Å². The van der Waals surface area contributed by atoms with Gasteiger partial charge < -0.3 is 9.73 Å². The van der Waals surface area contributed by atoms with Crippen LogP contribution in [0, 0.1) is 0 Å². The Bertz CT molecular complexity index is 704. The highest BCUT2D eigenvalue weighted by molar-refractivity contribution is 7.91. The smallest absolute Gasteiger partial charge is 0.252 e. The molecule has 1 atom stereocenters. The summed E-state index contributed by atoms with van der Waals surface area (Å²) in [5.74, 6) is 0.552. The number of primary sulfonamides is 1. The van der Waals surface area contributed by atoms with Crippen LogP contribution in [0.15, 0.2) is 38.5 Å². The van der Waals surface area contributed by atoms with Gasteiger partial charge in [0.2, 0.25) is 10.0 Å². The summed E-state index contributed by atoms with van der Waals surface area (Å²) in [6, 6.07) is 4.93. The fraction of sp³-hybridized carbons (Fsp3) is 0.308. The molecule has 2 aromatic heterocycles. The Labute approximate surface area is 127 Å². The van der Waals surface area contributed by atoms with E-state index >= 15 is 0 Å². The first-order valence-corrected chi connectivity index (χ1v) is 8.73. The third-order valence-electron chi connectivity index (χ3n) is 2.90. The van der Waals surface area contributed by atoms with Crippen molar-refractivity contribution in [2.45, 2.75) is 30.0 Å². The first kappa shape index (κ1) is 15.7. The van der Waals surface area contributed by atoms with Crippen molar-refractivity contribution < 1.29 is 17.6 Å². The molecule has 3 N–H and O–H groups in total. The zero-order valence-corrected chi connectivity index (χ0v) is 13.0. The molecule has 0 aromatic carbocycles. The molecule has 0 spiro atoms. The third kappa shape index (κ3) is 4.42. The number of nitrogens with one attached hydrogen (secondary N) is 1. The largest absolute Gasteiger partial charge is 0.469 e. The van der Waals surface area contributed by atoms with Crippen molar-refractivity contribution in [2.75, 3.05) is 0 Å². The van der Waals surface area contributed by atoms with E-state index in [9.17, 15) is 13.2 Å². The average Bonchev–Trinajstić information content (AvgIpc) is 3.07. The van der Waals surface area contributed by atoms with Gasteiger partial charge in [-0.15, -0.1) is 11.3 Å². The number of nitrogens with two attached hydrogens (primary N) is 1. The zero-order valence-electron chi connectivity index (χ0n) is 11.4. The number of hydrogen-bond donors (Lipinski definition) is 2. The lowest BCUT2D eigenvalue weighted by molar-refractivity contribution is 0.0938. The minimum atomic E-state index is -3.76. The SMILES string of the molecule is CC(CCc1ccco1)NC(=O)c1csc(S(N)(=O)=O)c1. The van der Waals surface area contributed by atoms with E-state index in [4.69, 9.17) is 9.56 Å². The van der Waals surface area contributed by atoms with Gasteiger partial charge in [0.1, 0.15) is 9.97 Å². The second-order valence-corrected chi connectivity index (χ2v) is 7.39. The van der Waals surface area contributed by atoms with Crippen LogP contribution in [-0.4, -0.2) is 20.4 Å². The molecule has 2 heterocycles. The van der Waals surface area contributed by atoms with Gasteiger partial charge >= 0.3 is 0 Å². The number of sulfonamides is 1. The van der Waals surface area contributed by atoms with E-state index in [0.29, 0.717) is 5.56 Å². The molecule has 0 saturated carbocycles. The second-order valence-electron chi connectivity index (χ2n) is 4.69. The van der Waals surface area contributed by atoms with Crippen molar-refractivity contribution in [3.8, 4) is 0 Å². The standard InChI is InChI=1S/C13H16N2O4S2/c1-9(4-5-11-3-2-6-19-11)15-13(16)10-7-12(20-8-10)21(14,17)18/h2-3,6-9H,4-5H2,1H3,(H,15,16)(H2,14,17,18). The Kier molecular flexibility index (Phi) is 4.81. The van der Waals surface area contributed by atoms with Crippen LogP contribution in [0.2, 0.25) is 0 Å². The molecule has 8 heteroatoms. The topological polar surface area (TPSA) is 102 Å². The molecule has 2 rings (SSSR count). The van der Waals surface area contributed by atoms with Crippen LogP contribution in [-0.2, 0) is 16.4 Å². The predicted octanol–water partition coefficient (Wildman–Crippen LogP) is 1.74. The van der Waals surface area contributed by atoms with Gasteiger partial charge in [-0.3, -0.25) is 4.79 Å². The molecule has 1 amide bonds. The number of thiophene rings is 1. The zero-order chi connectivity index (χ0) is 15.5. The van der Waals surface area contributed by atoms with Crippen molar-refractivity contribution in [1.29, 1.82) is 0 Å². The Morgan fingerprint density at radius 2 is 2.29 bits per heavy atom. The molecule has 0 aliphatic heterocycles. The number of carbonyl (C=O) groups excluding carboxylic acids is 1. The molecule has 114 valence electrons. The van der Waals surface area contributed by atoms with Crippen molar-refractivity contribution >= 4 is 27.3 Å². The van der Waals surface area contributed by atoms with Gasteiger partial charge in [-0.1, -0.05) is 0 Å². The number of hydrogen-bond acceptors (Lipinski definition) is 5. The summed E-state index contributed by atoms with van der Waals surface area (Å²) in [5.41, 5.74) is 0.300. The third-order valence-corrected chi connectivity index (χ3v) is 5.29. The van der Waals surface area contributed by atoms with E-state index in [1.807, 2.05) is 19.1 Å². The van der Waals surface area contributed by atoms with E-state index in [1.165, 1.54) is 11.4 Å². The summed E-state index contributed by atoms with van der Waals surface area (Å²) in [7, 11) is -3.76. The van der Waals surface area contributed by atoms with Gasteiger partial charge in [0.15, 0.2) is 0 Å². The van der Waals surface area contributed by atoms with Crippen molar-refractivity contribution in [3.05, 3.63) is 41.2 Å². The first-order valence-electron chi connectivity index (χ1n) is 6.31. The molecule has 0 fully saturated rings. The van der Waals surface area contributed by atoms with Gasteiger partial charge in [-0.25, -0.2) is 13.6 Å². The fourth-order valence-corrected chi connectivity index (χ4v) is 3.36. The molecular formula is C13H16N2O4S2. The monoisotopic (exact) mass is 328 g/mol. The number of rotatable bonds is 6. The van der Waals surface area contributed by atoms with E-state index in [2.05, 4.69) is 5.32 Å². The minimum Gasteiger partial charge on any atom is -0.469 e. The van der Waals surface area contributed by atoms with Gasteiger partial charge in [0, 0.05) is 17.8 Å². The lowest BCUT2D eigenvalue weighted by Crippen LogP contribution is -2.32. The van der Waals surface area contributed by atoms with E-state index in [-0.39, 0.29) is 16.2 Å². The highest BCUT2D eigenvalue weighted by atomic mass is 32.2. The summed E-state index contributed by atoms with van der Waals surface area (Å²) >= 11 is 0.934. The van der Waals surface area contributed by atoms with Gasteiger partial charge in [0.05, 0.1) is 11.8 Å². The Balaban J connectivity index is 1.90. The molecule has 0 saturated heterocycles. The maximum absolute atomic E-state index is 12.0. The van der Waals surface area contributed by atoms with E-state index < -0.39 is 10.0 Å². The molecular weight excluding hydrogens is 312 g/mol. The highest BCUT2D eigenvalue weighted by Crippen LogP contribution is 2.19. The highest BCUT2D eigenvalue weighted by Gasteiger charge is 2.16. The predicted molar refractivity (Wildman–Crippen MR) is 79.6 cm³/mol. The fourth-order valence-electron chi connectivity index (χ4n) is 1.78. The number of carbonyl (C=O) groups is 1. The number of furan rings is 1. The molecule has 2 aromatic rings. The van der Waals surface area contributed by atoms with Crippen molar-refractivity contribution in [2.24, 2.45) is 5.14 Å². The maximum atomic E-state index is 12.0. The van der Waals surface area contributed by atoms with Gasteiger partial charge in [-0.2, -0.15) is 0 Å². The van der Waals surface area contributed by atoms with E-state index in [0.717, 1.165) is 29.9 Å². The molecule has 0 aliphatic carbocycles. The lowest BCUT2D eigenvalue weighted by atomic mass is 10.1. The lowest BCUT2D eigenvalue weighted by Gasteiger charge is -2.12. The van der Waals surface area contributed by atoms with Crippen LogP contribution >= 0.6 is 11.3 Å². The van der Waals surface area contributed by atoms with Crippen LogP contribution in [0.1, 0.15) is 29.5 Å². The average molecular weight is 328 g/mol. The number of aryl methyl sites for hydroxylation is 1. The summed E-state index contributed by atoms with van der Waals surface area (Å²) in [5, 5.41) is 9.31. The molecule has 1 unspecified atom stereocenters. The quantitative estimate of drug-likeness (QED) is 0.843.